The van der Waals surface area contributed by atoms with Gasteiger partial charge in [-0.05, 0) is 18.9 Å². The van der Waals surface area contributed by atoms with Crippen LogP contribution in [0.5, 0.6) is 0 Å². The molecule has 1 aliphatic carbocycles. The highest BCUT2D eigenvalue weighted by molar-refractivity contribution is 7.89. The van der Waals surface area contributed by atoms with Crippen molar-refractivity contribution in [2.75, 3.05) is 6.54 Å². The Hall–Kier alpha value is -1.11. The van der Waals surface area contributed by atoms with Gasteiger partial charge in [0.25, 0.3) is 5.56 Å². The quantitative estimate of drug-likeness (QED) is 0.832. The Morgan fingerprint density at radius 1 is 1.56 bits per heavy atom. The molecular formula is C11H13ClN2O3S. The van der Waals surface area contributed by atoms with Crippen LogP contribution in [0.3, 0.4) is 0 Å². The molecule has 1 saturated carbocycles. The highest BCUT2D eigenvalue weighted by Gasteiger charge is 2.37. The first-order valence-electron chi connectivity index (χ1n) is 5.48. The lowest BCUT2D eigenvalue weighted by Crippen LogP contribution is -2.33. The van der Waals surface area contributed by atoms with Crippen LogP contribution in [0.1, 0.15) is 12.8 Å². The molecular weight excluding hydrogens is 276 g/mol. The van der Waals surface area contributed by atoms with Crippen LogP contribution in [0.25, 0.3) is 0 Å². The molecule has 1 aliphatic rings. The number of halogens is 1. The van der Waals surface area contributed by atoms with Crippen molar-refractivity contribution in [1.82, 2.24) is 9.29 Å². The van der Waals surface area contributed by atoms with Gasteiger partial charge in [-0.15, -0.1) is 6.58 Å². The molecule has 1 aromatic heterocycles. The summed E-state index contributed by atoms with van der Waals surface area (Å²) >= 11 is 5.65. The highest BCUT2D eigenvalue weighted by Crippen LogP contribution is 2.31. The Bertz CT molecular complexity index is 619. The largest absolute Gasteiger partial charge is 0.326 e. The number of pyridine rings is 1. The van der Waals surface area contributed by atoms with Crippen molar-refractivity contribution in [1.29, 1.82) is 0 Å². The van der Waals surface area contributed by atoms with E-state index in [1.165, 1.54) is 16.6 Å². The summed E-state index contributed by atoms with van der Waals surface area (Å²) in [5.74, 6) is 0. The van der Waals surface area contributed by atoms with Gasteiger partial charge in [0.15, 0.2) is 0 Å². The first-order chi connectivity index (χ1) is 8.46. The Balaban J connectivity index is 2.42. The van der Waals surface area contributed by atoms with E-state index in [0.29, 0.717) is 0 Å². The molecule has 0 spiro atoms. The molecule has 0 unspecified atom stereocenters. The Morgan fingerprint density at radius 3 is 2.72 bits per heavy atom. The van der Waals surface area contributed by atoms with Crippen LogP contribution in [-0.2, 0) is 10.0 Å². The first-order valence-corrected chi connectivity index (χ1v) is 7.29. The van der Waals surface area contributed by atoms with E-state index in [-0.39, 0.29) is 22.5 Å². The van der Waals surface area contributed by atoms with E-state index in [4.69, 9.17) is 11.6 Å². The van der Waals surface area contributed by atoms with Gasteiger partial charge in [0.05, 0.1) is 4.90 Å². The fourth-order valence-corrected chi connectivity index (χ4v) is 3.54. The van der Waals surface area contributed by atoms with Gasteiger partial charge in [0, 0.05) is 18.8 Å². The molecule has 0 aliphatic heterocycles. The molecule has 5 nitrogen and oxygen atoms in total. The summed E-state index contributed by atoms with van der Waals surface area (Å²) < 4.78 is 26.1. The maximum absolute atomic E-state index is 12.4. The fraction of sp³-hybridized carbons (Fsp3) is 0.364. The standard InChI is InChI=1S/C11H13ClN2O3S/c1-2-5-14(8-3-4-8)18(16,17)9-6-10(12)11(15)13-7-9/h2,6-8H,1,3-5H2,(H,13,15). The Morgan fingerprint density at radius 2 is 2.22 bits per heavy atom. The molecule has 0 saturated heterocycles. The molecule has 0 aromatic carbocycles. The lowest BCUT2D eigenvalue weighted by atomic mass is 10.5. The van der Waals surface area contributed by atoms with Crippen LogP contribution >= 0.6 is 11.6 Å². The molecule has 7 heteroatoms. The molecule has 98 valence electrons. The zero-order valence-corrected chi connectivity index (χ0v) is 11.2. The van der Waals surface area contributed by atoms with Crippen molar-refractivity contribution in [2.24, 2.45) is 0 Å². The number of nitrogens with one attached hydrogen (secondary N) is 1. The van der Waals surface area contributed by atoms with Gasteiger partial charge in [-0.25, -0.2) is 8.42 Å². The summed E-state index contributed by atoms with van der Waals surface area (Å²) in [5.41, 5.74) is -0.502. The Kier molecular flexibility index (Phi) is 3.61. The predicted octanol–water partition coefficient (Wildman–Crippen LogP) is 1.37. The van der Waals surface area contributed by atoms with E-state index in [1.54, 1.807) is 6.08 Å². The third kappa shape index (κ3) is 2.50. The summed E-state index contributed by atoms with van der Waals surface area (Å²) in [6, 6.07) is 1.20. The molecule has 0 radical (unpaired) electrons. The maximum Gasteiger partial charge on any atom is 0.266 e. The lowest BCUT2D eigenvalue weighted by Gasteiger charge is -2.20. The number of aromatic nitrogens is 1. The summed E-state index contributed by atoms with van der Waals surface area (Å²) in [4.78, 5) is 13.4. The molecule has 1 N–H and O–H groups in total. The molecule has 0 amide bonds. The first kappa shape index (κ1) is 13.3. The summed E-state index contributed by atoms with van der Waals surface area (Å²) in [7, 11) is -3.63. The van der Waals surface area contributed by atoms with E-state index < -0.39 is 15.6 Å². The lowest BCUT2D eigenvalue weighted by molar-refractivity contribution is 0.435. The Labute approximate surface area is 110 Å². The van der Waals surface area contributed by atoms with Crippen LogP contribution < -0.4 is 5.56 Å². The van der Waals surface area contributed by atoms with Gasteiger partial charge in [-0.3, -0.25) is 4.79 Å². The molecule has 18 heavy (non-hydrogen) atoms. The normalized spacial score (nSPS) is 15.9. The van der Waals surface area contributed by atoms with Crippen LogP contribution in [0.15, 0.2) is 34.6 Å². The summed E-state index contributed by atoms with van der Waals surface area (Å²) in [5, 5.41) is -0.134. The van der Waals surface area contributed by atoms with Gasteiger partial charge < -0.3 is 4.98 Å². The summed E-state index contributed by atoms with van der Waals surface area (Å²) in [6.07, 6.45) is 4.42. The second-order valence-electron chi connectivity index (χ2n) is 4.11. The second kappa shape index (κ2) is 4.87. The van der Waals surface area contributed by atoms with Crippen LogP contribution in [0, 0.1) is 0 Å². The smallest absolute Gasteiger partial charge is 0.266 e. The van der Waals surface area contributed by atoms with Crippen molar-refractivity contribution in [2.45, 2.75) is 23.8 Å². The van der Waals surface area contributed by atoms with Crippen LogP contribution in [0.4, 0.5) is 0 Å². The van der Waals surface area contributed by atoms with Crippen molar-refractivity contribution < 1.29 is 8.42 Å². The zero-order valence-electron chi connectivity index (χ0n) is 9.60. The minimum atomic E-state index is -3.63. The third-order valence-electron chi connectivity index (χ3n) is 2.70. The zero-order chi connectivity index (χ0) is 13.3. The minimum Gasteiger partial charge on any atom is -0.326 e. The number of hydrogen-bond acceptors (Lipinski definition) is 3. The SMILES string of the molecule is C=CCN(C1CC1)S(=O)(=O)c1c[nH]c(=O)c(Cl)c1. The molecule has 1 aromatic rings. The van der Waals surface area contributed by atoms with Crippen molar-refractivity contribution in [3.8, 4) is 0 Å². The van der Waals surface area contributed by atoms with Crippen molar-refractivity contribution >= 4 is 21.6 Å². The minimum absolute atomic E-state index is 0.000787. The molecule has 1 fully saturated rings. The van der Waals surface area contributed by atoms with Gasteiger partial charge in [0.2, 0.25) is 10.0 Å². The topological polar surface area (TPSA) is 70.2 Å². The maximum atomic E-state index is 12.4. The predicted molar refractivity (Wildman–Crippen MR) is 69.2 cm³/mol. The third-order valence-corrected chi connectivity index (χ3v) is 4.88. The van der Waals surface area contributed by atoms with E-state index >= 15 is 0 Å². The van der Waals surface area contributed by atoms with E-state index in [1.807, 2.05) is 0 Å². The fourth-order valence-electron chi connectivity index (χ4n) is 1.66. The number of hydrogen-bond donors (Lipinski definition) is 1. The van der Waals surface area contributed by atoms with Gasteiger partial charge >= 0.3 is 0 Å². The monoisotopic (exact) mass is 288 g/mol. The molecule has 0 bridgehead atoms. The summed E-state index contributed by atoms with van der Waals surface area (Å²) in [6.45, 7) is 3.81. The number of aromatic amines is 1. The van der Waals surface area contributed by atoms with Crippen LogP contribution in [0.2, 0.25) is 5.02 Å². The molecule has 0 atom stereocenters. The molecule has 1 heterocycles. The van der Waals surface area contributed by atoms with Gasteiger partial charge in [0.1, 0.15) is 5.02 Å². The van der Waals surface area contributed by atoms with E-state index in [2.05, 4.69) is 11.6 Å². The number of sulfonamides is 1. The average molecular weight is 289 g/mol. The number of nitrogens with zero attached hydrogens (tertiary/aromatic N) is 1. The molecule has 2 rings (SSSR count). The number of rotatable bonds is 5. The van der Waals surface area contributed by atoms with Crippen molar-refractivity contribution in [3.05, 3.63) is 40.3 Å². The second-order valence-corrected chi connectivity index (χ2v) is 6.40. The van der Waals surface area contributed by atoms with Crippen LogP contribution in [-0.4, -0.2) is 30.3 Å². The number of H-pyrrole nitrogens is 1. The van der Waals surface area contributed by atoms with E-state index in [9.17, 15) is 13.2 Å². The van der Waals surface area contributed by atoms with E-state index in [0.717, 1.165) is 12.8 Å². The van der Waals surface area contributed by atoms with Gasteiger partial charge in [-0.1, -0.05) is 17.7 Å². The highest BCUT2D eigenvalue weighted by atomic mass is 35.5. The average Bonchev–Trinajstić information content (AvgIpc) is 3.13. The van der Waals surface area contributed by atoms with Gasteiger partial charge in [-0.2, -0.15) is 4.31 Å². The van der Waals surface area contributed by atoms with Crippen molar-refractivity contribution in [3.63, 3.8) is 0 Å².